The van der Waals surface area contributed by atoms with Gasteiger partial charge in [-0.3, -0.25) is 9.59 Å². The quantitative estimate of drug-likeness (QED) is 0.404. The molecule has 112 valence electrons. The van der Waals surface area contributed by atoms with Gasteiger partial charge in [0.25, 0.3) is 0 Å². The average molecular weight is 424 g/mol. The summed E-state index contributed by atoms with van der Waals surface area (Å²) in [6.45, 7) is 0. The first-order valence-corrected chi connectivity index (χ1v) is 8.45. The fraction of sp³-hybridized carbons (Fsp3) is 0.176. The highest BCUT2D eigenvalue weighted by molar-refractivity contribution is 9.11. The first-order valence-electron chi connectivity index (χ1n) is 6.87. The van der Waals surface area contributed by atoms with Crippen LogP contribution in [0.25, 0.3) is 0 Å². The van der Waals surface area contributed by atoms with Crippen LogP contribution in [0.4, 0.5) is 0 Å². The summed E-state index contributed by atoms with van der Waals surface area (Å²) in [6, 6.07) is 12.1. The van der Waals surface area contributed by atoms with E-state index in [1.165, 1.54) is 0 Å². The number of carbonyl (C=O) groups is 2. The van der Waals surface area contributed by atoms with E-state index in [4.69, 9.17) is 4.74 Å². The van der Waals surface area contributed by atoms with Gasteiger partial charge in [-0.1, -0.05) is 6.07 Å². The Morgan fingerprint density at radius 2 is 1.55 bits per heavy atom. The molecule has 3 nitrogen and oxygen atoms in total. The van der Waals surface area contributed by atoms with Gasteiger partial charge in [0.05, 0.1) is 11.5 Å². The van der Waals surface area contributed by atoms with Gasteiger partial charge in [-0.25, -0.2) is 0 Å². The van der Waals surface area contributed by atoms with Gasteiger partial charge in [0.2, 0.25) is 0 Å². The molecule has 0 heterocycles. The molecule has 1 saturated carbocycles. The van der Waals surface area contributed by atoms with Crippen molar-refractivity contribution in [2.75, 3.05) is 0 Å². The minimum absolute atomic E-state index is 0.0533. The van der Waals surface area contributed by atoms with E-state index in [1.807, 2.05) is 18.2 Å². The number of halogens is 2. The zero-order valence-electron chi connectivity index (χ0n) is 11.5. The van der Waals surface area contributed by atoms with Crippen LogP contribution in [0.15, 0.2) is 51.4 Å². The Kier molecular flexibility index (Phi) is 4.45. The van der Waals surface area contributed by atoms with E-state index >= 15 is 0 Å². The summed E-state index contributed by atoms with van der Waals surface area (Å²) in [4.78, 5) is 24.2. The summed E-state index contributed by atoms with van der Waals surface area (Å²) < 4.78 is 6.72. The zero-order chi connectivity index (χ0) is 15.7. The minimum Gasteiger partial charge on any atom is -0.426 e. The van der Waals surface area contributed by atoms with Gasteiger partial charge in [0, 0.05) is 14.5 Å². The molecular formula is C17H12Br2O3. The third-order valence-electron chi connectivity index (χ3n) is 3.44. The summed E-state index contributed by atoms with van der Waals surface area (Å²) in [5, 5.41) is 0. The predicted molar refractivity (Wildman–Crippen MR) is 90.1 cm³/mol. The van der Waals surface area contributed by atoms with Crippen molar-refractivity contribution in [3.05, 3.63) is 62.5 Å². The lowest BCUT2D eigenvalue weighted by Gasteiger charge is -2.08. The van der Waals surface area contributed by atoms with E-state index in [2.05, 4.69) is 31.9 Å². The second-order valence-corrected chi connectivity index (χ2v) is 6.85. The molecule has 1 aliphatic rings. The standard InChI is InChI=1S/C17H12Br2O3/c18-13-2-1-3-14(19)15(13)16(20)10-6-8-12(9-7-10)22-17(21)11-4-5-11/h1-3,6-9,11H,4-5H2. The van der Waals surface area contributed by atoms with Crippen LogP contribution in [0.5, 0.6) is 5.75 Å². The summed E-state index contributed by atoms with van der Waals surface area (Å²) in [6.07, 6.45) is 1.82. The van der Waals surface area contributed by atoms with E-state index < -0.39 is 0 Å². The van der Waals surface area contributed by atoms with Crippen molar-refractivity contribution in [3.63, 3.8) is 0 Å². The van der Waals surface area contributed by atoms with E-state index in [-0.39, 0.29) is 17.7 Å². The van der Waals surface area contributed by atoms with Crippen LogP contribution >= 0.6 is 31.9 Å². The SMILES string of the molecule is O=C(c1ccc(OC(=O)C2CC2)cc1)c1c(Br)cccc1Br. The molecule has 0 aromatic heterocycles. The Balaban J connectivity index is 1.80. The second kappa shape index (κ2) is 6.34. The molecule has 0 bridgehead atoms. The molecule has 0 atom stereocenters. The topological polar surface area (TPSA) is 43.4 Å². The van der Waals surface area contributed by atoms with Gasteiger partial charge in [-0.2, -0.15) is 0 Å². The minimum atomic E-state index is -0.187. The molecule has 0 amide bonds. The molecule has 3 rings (SSSR count). The summed E-state index contributed by atoms with van der Waals surface area (Å²) >= 11 is 6.79. The number of esters is 1. The maximum absolute atomic E-state index is 12.6. The molecule has 0 aliphatic heterocycles. The summed E-state index contributed by atoms with van der Waals surface area (Å²) in [5.41, 5.74) is 1.11. The number of benzene rings is 2. The first kappa shape index (κ1) is 15.4. The zero-order valence-corrected chi connectivity index (χ0v) is 14.7. The first-order chi connectivity index (χ1) is 10.6. The van der Waals surface area contributed by atoms with E-state index in [9.17, 15) is 9.59 Å². The van der Waals surface area contributed by atoms with Crippen molar-refractivity contribution in [2.24, 2.45) is 5.92 Å². The van der Waals surface area contributed by atoms with Crippen LogP contribution in [0.3, 0.4) is 0 Å². The second-order valence-electron chi connectivity index (χ2n) is 5.15. The Morgan fingerprint density at radius 3 is 2.09 bits per heavy atom. The van der Waals surface area contributed by atoms with Crippen LogP contribution in [0.1, 0.15) is 28.8 Å². The van der Waals surface area contributed by atoms with Gasteiger partial charge in [-0.05, 0) is 81.1 Å². The highest BCUT2D eigenvalue weighted by atomic mass is 79.9. The predicted octanol–water partition coefficient (Wildman–Crippen LogP) is 4.76. The molecule has 1 fully saturated rings. The molecule has 0 N–H and O–H groups in total. The van der Waals surface area contributed by atoms with Crippen LogP contribution in [-0.2, 0) is 4.79 Å². The average Bonchev–Trinajstić information content (AvgIpc) is 3.32. The van der Waals surface area contributed by atoms with Crippen LogP contribution in [-0.4, -0.2) is 11.8 Å². The molecule has 0 radical (unpaired) electrons. The van der Waals surface area contributed by atoms with E-state index in [0.717, 1.165) is 21.8 Å². The number of hydrogen-bond acceptors (Lipinski definition) is 3. The van der Waals surface area contributed by atoms with Crippen LogP contribution in [0.2, 0.25) is 0 Å². The lowest BCUT2D eigenvalue weighted by molar-refractivity contribution is -0.135. The normalized spacial score (nSPS) is 13.7. The van der Waals surface area contributed by atoms with Gasteiger partial charge >= 0.3 is 5.97 Å². The molecule has 0 unspecified atom stereocenters. The highest BCUT2D eigenvalue weighted by Crippen LogP contribution is 2.31. The smallest absolute Gasteiger partial charge is 0.314 e. The lowest BCUT2D eigenvalue weighted by Crippen LogP contribution is -2.10. The molecule has 2 aromatic rings. The van der Waals surface area contributed by atoms with Crippen molar-refractivity contribution in [1.29, 1.82) is 0 Å². The number of ketones is 1. The number of hydrogen-bond donors (Lipinski definition) is 0. The number of rotatable bonds is 4. The lowest BCUT2D eigenvalue weighted by atomic mass is 10.0. The Bertz CT molecular complexity index is 714. The van der Waals surface area contributed by atoms with Crippen molar-refractivity contribution < 1.29 is 14.3 Å². The largest absolute Gasteiger partial charge is 0.426 e. The summed E-state index contributed by atoms with van der Waals surface area (Å²) in [5.74, 6) is 0.240. The molecule has 0 spiro atoms. The molecule has 22 heavy (non-hydrogen) atoms. The monoisotopic (exact) mass is 422 g/mol. The molecule has 5 heteroatoms. The van der Waals surface area contributed by atoms with Gasteiger partial charge < -0.3 is 4.74 Å². The van der Waals surface area contributed by atoms with Gasteiger partial charge in [0.15, 0.2) is 5.78 Å². The van der Waals surface area contributed by atoms with Crippen LogP contribution < -0.4 is 4.74 Å². The Morgan fingerprint density at radius 1 is 0.955 bits per heavy atom. The third kappa shape index (κ3) is 3.31. The summed E-state index contributed by atoms with van der Waals surface area (Å²) in [7, 11) is 0. The maximum atomic E-state index is 12.6. The molecular weight excluding hydrogens is 412 g/mol. The molecule has 1 aliphatic carbocycles. The number of ether oxygens (including phenoxy) is 1. The van der Waals surface area contributed by atoms with E-state index in [0.29, 0.717) is 16.9 Å². The van der Waals surface area contributed by atoms with Crippen molar-refractivity contribution in [3.8, 4) is 5.75 Å². The Labute approximate surface area is 144 Å². The molecule has 0 saturated heterocycles. The Hall–Kier alpha value is -1.46. The van der Waals surface area contributed by atoms with Crippen molar-refractivity contribution in [1.82, 2.24) is 0 Å². The van der Waals surface area contributed by atoms with E-state index in [1.54, 1.807) is 24.3 Å². The van der Waals surface area contributed by atoms with Crippen molar-refractivity contribution >= 4 is 43.6 Å². The third-order valence-corrected chi connectivity index (χ3v) is 4.76. The molecule has 2 aromatic carbocycles. The van der Waals surface area contributed by atoms with Gasteiger partial charge in [-0.15, -0.1) is 0 Å². The fourth-order valence-electron chi connectivity index (χ4n) is 2.05. The van der Waals surface area contributed by atoms with Crippen molar-refractivity contribution in [2.45, 2.75) is 12.8 Å². The van der Waals surface area contributed by atoms with Crippen LogP contribution in [0, 0.1) is 5.92 Å². The number of carbonyl (C=O) groups excluding carboxylic acids is 2. The van der Waals surface area contributed by atoms with Gasteiger partial charge in [0.1, 0.15) is 5.75 Å². The maximum Gasteiger partial charge on any atom is 0.314 e. The fourth-order valence-corrected chi connectivity index (χ4v) is 3.41. The highest BCUT2D eigenvalue weighted by Gasteiger charge is 2.31.